The van der Waals surface area contributed by atoms with E-state index in [4.69, 9.17) is 27.8 Å². The molecular weight excluding hydrogens is 372 g/mol. The summed E-state index contributed by atoms with van der Waals surface area (Å²) in [6, 6.07) is 6.03. The highest BCUT2D eigenvalue weighted by Crippen LogP contribution is 2.22. The molecule has 8 heteroatoms. The molecule has 0 aliphatic rings. The Hall–Kier alpha value is -2.29. The monoisotopic (exact) mass is 392 g/mol. The van der Waals surface area contributed by atoms with Crippen molar-refractivity contribution in [1.82, 2.24) is 0 Å². The quantitative estimate of drug-likeness (QED) is 0.288. The van der Waals surface area contributed by atoms with Gasteiger partial charge in [-0.3, -0.25) is 14.6 Å². The van der Waals surface area contributed by atoms with Crippen LogP contribution in [-0.4, -0.2) is 40.6 Å². The smallest absolute Gasteiger partial charge is 0.324 e. The van der Waals surface area contributed by atoms with E-state index in [0.717, 1.165) is 17.3 Å². The maximum atomic E-state index is 12.3. The fourth-order valence-electron chi connectivity index (χ4n) is 1.83. The molecule has 0 saturated heterocycles. The Labute approximate surface area is 161 Å². The maximum Gasteiger partial charge on any atom is 0.324 e. The number of aliphatic carboxylic acids is 1. The number of thiocarbonyl (C=S) groups is 1. The van der Waals surface area contributed by atoms with Crippen LogP contribution in [0.1, 0.15) is 18.1 Å². The average Bonchev–Trinajstić information content (AvgIpc) is 2.63. The van der Waals surface area contributed by atoms with Crippen molar-refractivity contribution >= 4 is 46.8 Å². The second-order valence-electron chi connectivity index (χ2n) is 5.04. The van der Waals surface area contributed by atoms with Crippen molar-refractivity contribution in [3.05, 3.63) is 59.3 Å². The zero-order valence-electron chi connectivity index (χ0n) is 14.3. The van der Waals surface area contributed by atoms with Crippen LogP contribution in [0.2, 0.25) is 0 Å². The predicted octanol–water partition coefficient (Wildman–Crippen LogP) is 2.71. The molecule has 0 bridgehead atoms. The van der Waals surface area contributed by atoms with Crippen LogP contribution >= 0.6 is 24.0 Å². The molecule has 0 spiro atoms. The zero-order valence-corrected chi connectivity index (χ0v) is 15.9. The van der Waals surface area contributed by atoms with Crippen LogP contribution in [-0.2, 0) is 20.1 Å². The number of nitrogens with two attached hydrogens (primary N) is 1. The standard InChI is InChI=1S/C18H20N2O4S2/c1-3-6-12(9-20-2)17(23)26-11-13-7-4-5-8-14(13)18(25)24-10-15(19)16(21)22/h3-9,15H,2,10-11,19H2,1H3,(H,21,22)/b6-3-,12-9+/t15-/m0/s1. The summed E-state index contributed by atoms with van der Waals surface area (Å²) in [5.74, 6) is -0.795. The van der Waals surface area contributed by atoms with Crippen LogP contribution in [0, 0.1) is 0 Å². The third-order valence-electron chi connectivity index (χ3n) is 3.12. The molecule has 0 saturated carbocycles. The summed E-state index contributed by atoms with van der Waals surface area (Å²) in [6.07, 6.45) is 4.82. The number of carboxylic acids is 1. The molecule has 6 nitrogen and oxygen atoms in total. The van der Waals surface area contributed by atoms with E-state index in [0.29, 0.717) is 16.9 Å². The molecule has 138 valence electrons. The van der Waals surface area contributed by atoms with Gasteiger partial charge in [0, 0.05) is 23.1 Å². The second kappa shape index (κ2) is 11.3. The lowest BCUT2D eigenvalue weighted by atomic mass is 10.1. The molecular formula is C18H20N2O4S2. The Bertz CT molecular complexity index is 744. The van der Waals surface area contributed by atoms with Crippen molar-refractivity contribution < 1.29 is 19.4 Å². The van der Waals surface area contributed by atoms with E-state index in [-0.39, 0.29) is 16.8 Å². The summed E-state index contributed by atoms with van der Waals surface area (Å²) in [5, 5.41) is 8.79. The number of carbonyl (C=O) groups excluding carboxylic acids is 1. The highest BCUT2D eigenvalue weighted by Gasteiger charge is 2.16. The van der Waals surface area contributed by atoms with Crippen LogP contribution in [0.15, 0.2) is 53.2 Å². The van der Waals surface area contributed by atoms with Crippen molar-refractivity contribution in [2.45, 2.75) is 18.7 Å². The lowest BCUT2D eigenvalue weighted by Gasteiger charge is -2.13. The maximum absolute atomic E-state index is 12.3. The molecule has 0 fully saturated rings. The fourth-order valence-corrected chi connectivity index (χ4v) is 2.92. The van der Waals surface area contributed by atoms with E-state index in [1.807, 2.05) is 19.1 Å². The van der Waals surface area contributed by atoms with Gasteiger partial charge in [0.05, 0.1) is 0 Å². The molecule has 0 heterocycles. The second-order valence-corrected chi connectivity index (χ2v) is 6.36. The number of hydrogen-bond acceptors (Lipinski definition) is 7. The molecule has 1 atom stereocenters. The summed E-state index contributed by atoms with van der Waals surface area (Å²) >= 11 is 6.32. The summed E-state index contributed by atoms with van der Waals surface area (Å²) in [5.41, 5.74) is 7.27. The van der Waals surface area contributed by atoms with Gasteiger partial charge >= 0.3 is 5.97 Å². The number of ether oxygens (including phenoxy) is 1. The van der Waals surface area contributed by atoms with E-state index in [1.165, 1.54) is 6.20 Å². The number of benzene rings is 1. The highest BCUT2D eigenvalue weighted by molar-refractivity contribution is 8.13. The first-order chi connectivity index (χ1) is 12.4. The summed E-state index contributed by atoms with van der Waals surface area (Å²) in [6.45, 7) is 4.94. The van der Waals surface area contributed by atoms with Crippen LogP contribution in [0.25, 0.3) is 0 Å². The van der Waals surface area contributed by atoms with Gasteiger partial charge in [-0.05, 0) is 31.4 Å². The van der Waals surface area contributed by atoms with Crippen molar-refractivity contribution in [2.75, 3.05) is 6.61 Å². The summed E-state index contributed by atoms with van der Waals surface area (Å²) in [4.78, 5) is 26.7. The van der Waals surface area contributed by atoms with E-state index in [9.17, 15) is 9.59 Å². The van der Waals surface area contributed by atoms with Gasteiger partial charge in [-0.1, -0.05) is 48.2 Å². The molecule has 0 amide bonds. The van der Waals surface area contributed by atoms with E-state index >= 15 is 0 Å². The third kappa shape index (κ3) is 6.91. The van der Waals surface area contributed by atoms with Crippen molar-refractivity contribution in [3.63, 3.8) is 0 Å². The third-order valence-corrected chi connectivity index (χ3v) is 4.41. The molecule has 26 heavy (non-hydrogen) atoms. The summed E-state index contributed by atoms with van der Waals surface area (Å²) < 4.78 is 5.31. The first kappa shape index (κ1) is 21.8. The average molecular weight is 393 g/mol. The normalized spacial score (nSPS) is 12.6. The topological polar surface area (TPSA) is 102 Å². The Morgan fingerprint density at radius 3 is 2.77 bits per heavy atom. The molecule has 1 aromatic rings. The van der Waals surface area contributed by atoms with E-state index in [1.54, 1.807) is 24.3 Å². The number of hydrogen-bond donors (Lipinski definition) is 2. The number of thioether (sulfide) groups is 1. The van der Waals surface area contributed by atoms with Crippen LogP contribution in [0.3, 0.4) is 0 Å². The lowest BCUT2D eigenvalue weighted by molar-refractivity contribution is -0.139. The number of allylic oxidation sites excluding steroid dienone is 2. The van der Waals surface area contributed by atoms with E-state index in [2.05, 4.69) is 11.7 Å². The number of carbonyl (C=O) groups is 2. The summed E-state index contributed by atoms with van der Waals surface area (Å²) in [7, 11) is 0. The fraction of sp³-hybridized carbons (Fsp3) is 0.222. The van der Waals surface area contributed by atoms with Gasteiger partial charge in [0.25, 0.3) is 0 Å². The molecule has 3 N–H and O–H groups in total. The zero-order chi connectivity index (χ0) is 19.5. The van der Waals surface area contributed by atoms with Gasteiger partial charge in [-0.25, -0.2) is 0 Å². The van der Waals surface area contributed by atoms with Crippen LogP contribution in [0.4, 0.5) is 0 Å². The molecule has 1 aromatic carbocycles. The molecule has 0 aliphatic heterocycles. The molecule has 0 aromatic heterocycles. The Morgan fingerprint density at radius 1 is 1.46 bits per heavy atom. The van der Waals surface area contributed by atoms with Gasteiger partial charge < -0.3 is 15.6 Å². The van der Waals surface area contributed by atoms with Gasteiger partial charge in [0.2, 0.25) is 5.12 Å². The SMILES string of the molecule is C=N/C=C(\C=C/C)C(=O)SCc1ccccc1C(=S)OC[C@H](N)C(=O)O. The minimum absolute atomic E-state index is 0.141. The Kier molecular flexibility index (Phi) is 9.50. The minimum atomic E-state index is -1.17. The highest BCUT2D eigenvalue weighted by atomic mass is 32.2. The van der Waals surface area contributed by atoms with Crippen LogP contribution in [0.5, 0.6) is 0 Å². The van der Waals surface area contributed by atoms with E-state index < -0.39 is 12.0 Å². The van der Waals surface area contributed by atoms with Crippen molar-refractivity contribution in [1.29, 1.82) is 0 Å². The van der Waals surface area contributed by atoms with Gasteiger partial charge in [-0.15, -0.1) is 0 Å². The molecule has 1 rings (SSSR count). The minimum Gasteiger partial charge on any atom is -0.481 e. The van der Waals surface area contributed by atoms with Crippen molar-refractivity contribution in [3.8, 4) is 0 Å². The molecule has 0 aliphatic carbocycles. The number of rotatable bonds is 9. The molecule has 0 unspecified atom stereocenters. The van der Waals surface area contributed by atoms with Gasteiger partial charge in [0.15, 0.2) is 5.05 Å². The van der Waals surface area contributed by atoms with Crippen molar-refractivity contribution in [2.24, 2.45) is 10.7 Å². The first-order valence-corrected chi connectivity index (χ1v) is 8.99. The first-order valence-electron chi connectivity index (χ1n) is 7.60. The van der Waals surface area contributed by atoms with Gasteiger partial charge in [0.1, 0.15) is 12.6 Å². The number of nitrogens with zero attached hydrogens (tertiary/aromatic N) is 1. The predicted molar refractivity (Wildman–Crippen MR) is 108 cm³/mol. The Morgan fingerprint density at radius 2 is 2.15 bits per heavy atom. The number of carboxylic acid groups (broad SMARTS) is 1. The number of aliphatic imine (C=N–C) groups is 1. The largest absolute Gasteiger partial charge is 0.481 e. The lowest BCUT2D eigenvalue weighted by Crippen LogP contribution is -2.35. The Balaban J connectivity index is 2.81. The van der Waals surface area contributed by atoms with Crippen LogP contribution < -0.4 is 5.73 Å². The molecule has 0 radical (unpaired) electrons. The van der Waals surface area contributed by atoms with Gasteiger partial charge in [-0.2, -0.15) is 0 Å².